The van der Waals surface area contributed by atoms with Gasteiger partial charge in [-0.3, -0.25) is 9.59 Å². The summed E-state index contributed by atoms with van der Waals surface area (Å²) in [5.41, 5.74) is 12.9. The summed E-state index contributed by atoms with van der Waals surface area (Å²) in [6.07, 6.45) is 4.95. The Kier molecular flexibility index (Phi) is 6.15. The van der Waals surface area contributed by atoms with Crippen LogP contribution in [0.1, 0.15) is 19.3 Å². The topological polar surface area (TPSA) is 165 Å². The lowest BCUT2D eigenvalue weighted by Crippen LogP contribution is -2.38. The van der Waals surface area contributed by atoms with Gasteiger partial charge in [0.25, 0.3) is 0 Å². The van der Waals surface area contributed by atoms with Gasteiger partial charge < -0.3 is 31.4 Å². The van der Waals surface area contributed by atoms with Crippen LogP contribution in [0.4, 0.5) is 11.5 Å². The predicted octanol–water partition coefficient (Wildman–Crippen LogP) is 1.70. The maximum Gasteiger partial charge on any atom is 0.241 e. The molecule has 3 heterocycles. The standard InChI is InChI=1S/C24H26N8O3/c25-18(10-20(26)33)24(34)31-15-7-6-14-3-1-5-19(17(14)9-15)35-11-16-4-2-8-32(16)23-21-22(28-12-27-21)29-13-30-23/h1,3,5-7,9,12-13,16,18H,2,4,8,10-11,25H2,(H2,26,33)(H,31,34)(H,27,28,29,30)/t16-,18-/m1/s1. The number of carbonyl (C=O) groups is 2. The van der Waals surface area contributed by atoms with Gasteiger partial charge in [-0.1, -0.05) is 18.2 Å². The van der Waals surface area contributed by atoms with Crippen molar-refractivity contribution in [2.75, 3.05) is 23.4 Å². The zero-order valence-corrected chi connectivity index (χ0v) is 19.0. The first-order valence-corrected chi connectivity index (χ1v) is 11.4. The molecule has 1 aliphatic rings. The Hall–Kier alpha value is -4.25. The van der Waals surface area contributed by atoms with Crippen LogP contribution < -0.4 is 26.4 Å². The first kappa shape index (κ1) is 22.5. The van der Waals surface area contributed by atoms with Gasteiger partial charge in [0.15, 0.2) is 11.5 Å². The fourth-order valence-electron chi connectivity index (χ4n) is 4.43. The molecule has 1 aliphatic heterocycles. The number of H-pyrrole nitrogens is 1. The number of aromatic nitrogens is 4. The molecule has 0 spiro atoms. The van der Waals surface area contributed by atoms with Gasteiger partial charge in [0.05, 0.1) is 24.8 Å². The number of benzene rings is 2. The first-order valence-electron chi connectivity index (χ1n) is 11.4. The summed E-state index contributed by atoms with van der Waals surface area (Å²) in [6.45, 7) is 1.33. The van der Waals surface area contributed by atoms with Gasteiger partial charge in [-0.15, -0.1) is 0 Å². The van der Waals surface area contributed by atoms with E-state index in [9.17, 15) is 9.59 Å². The number of anilines is 2. The Morgan fingerprint density at radius 3 is 2.97 bits per heavy atom. The summed E-state index contributed by atoms with van der Waals surface area (Å²) >= 11 is 0. The fourth-order valence-corrected chi connectivity index (χ4v) is 4.43. The van der Waals surface area contributed by atoms with Crippen LogP contribution in [0.2, 0.25) is 0 Å². The second-order valence-electron chi connectivity index (χ2n) is 8.56. The van der Waals surface area contributed by atoms with Crippen molar-refractivity contribution in [3.63, 3.8) is 0 Å². The van der Waals surface area contributed by atoms with Crippen molar-refractivity contribution in [3.8, 4) is 5.75 Å². The lowest BCUT2D eigenvalue weighted by atomic mass is 10.1. The first-order chi connectivity index (χ1) is 17.0. The molecule has 11 nitrogen and oxygen atoms in total. The molecular formula is C24H26N8O3. The zero-order valence-electron chi connectivity index (χ0n) is 19.0. The molecule has 1 fully saturated rings. The van der Waals surface area contributed by atoms with Crippen molar-refractivity contribution in [1.29, 1.82) is 0 Å². The second-order valence-corrected chi connectivity index (χ2v) is 8.56. The molecule has 2 aromatic carbocycles. The van der Waals surface area contributed by atoms with Gasteiger partial charge in [-0.05, 0) is 36.4 Å². The highest BCUT2D eigenvalue weighted by Crippen LogP contribution is 2.31. The molecule has 11 heteroatoms. The van der Waals surface area contributed by atoms with Crippen LogP contribution in [-0.4, -0.2) is 57.0 Å². The van der Waals surface area contributed by atoms with E-state index < -0.39 is 17.9 Å². The van der Waals surface area contributed by atoms with Crippen LogP contribution >= 0.6 is 0 Å². The van der Waals surface area contributed by atoms with Gasteiger partial charge in [0, 0.05) is 17.6 Å². The third-order valence-corrected chi connectivity index (χ3v) is 6.15. The molecule has 35 heavy (non-hydrogen) atoms. The SMILES string of the molecule is NC(=O)C[C@@H](N)C(=O)Nc1ccc2cccc(OC[C@H]3CCCN3c3ncnc4[nH]cnc34)c2c1. The lowest BCUT2D eigenvalue weighted by Gasteiger charge is -2.26. The van der Waals surface area contributed by atoms with Gasteiger partial charge >= 0.3 is 0 Å². The third kappa shape index (κ3) is 4.71. The van der Waals surface area contributed by atoms with Crippen LogP contribution in [0.5, 0.6) is 5.75 Å². The van der Waals surface area contributed by atoms with E-state index >= 15 is 0 Å². The summed E-state index contributed by atoms with van der Waals surface area (Å²) in [4.78, 5) is 41.7. The van der Waals surface area contributed by atoms with Gasteiger partial charge in [0.2, 0.25) is 11.8 Å². The summed E-state index contributed by atoms with van der Waals surface area (Å²) in [7, 11) is 0. The number of primary amides is 1. The smallest absolute Gasteiger partial charge is 0.241 e. The van der Waals surface area contributed by atoms with Crippen molar-refractivity contribution >= 4 is 45.3 Å². The summed E-state index contributed by atoms with van der Waals surface area (Å²) in [6, 6.07) is 10.5. The minimum absolute atomic E-state index is 0.134. The van der Waals surface area contributed by atoms with E-state index in [4.69, 9.17) is 16.2 Å². The maximum atomic E-state index is 12.3. The zero-order chi connectivity index (χ0) is 24.4. The molecule has 5 rings (SSSR count). The van der Waals surface area contributed by atoms with E-state index in [0.717, 1.165) is 41.5 Å². The number of nitrogens with two attached hydrogens (primary N) is 2. The van der Waals surface area contributed by atoms with E-state index in [2.05, 4.69) is 30.2 Å². The van der Waals surface area contributed by atoms with Crippen molar-refractivity contribution < 1.29 is 14.3 Å². The Morgan fingerprint density at radius 1 is 1.23 bits per heavy atom. The molecule has 0 bridgehead atoms. The minimum Gasteiger partial charge on any atom is -0.491 e. The number of ether oxygens (including phenoxy) is 1. The van der Waals surface area contributed by atoms with Crippen molar-refractivity contribution in [2.45, 2.75) is 31.3 Å². The normalized spacial score (nSPS) is 16.5. The lowest BCUT2D eigenvalue weighted by molar-refractivity contribution is -0.123. The van der Waals surface area contributed by atoms with E-state index in [-0.39, 0.29) is 12.5 Å². The number of fused-ring (bicyclic) bond motifs is 2. The van der Waals surface area contributed by atoms with Crippen LogP contribution in [-0.2, 0) is 9.59 Å². The van der Waals surface area contributed by atoms with Crippen molar-refractivity contribution in [1.82, 2.24) is 19.9 Å². The fraction of sp³-hybridized carbons (Fsp3) is 0.292. The average molecular weight is 475 g/mol. The summed E-state index contributed by atoms with van der Waals surface area (Å²) in [5, 5.41) is 4.58. The molecule has 0 aliphatic carbocycles. The highest BCUT2D eigenvalue weighted by molar-refractivity contribution is 6.00. The highest BCUT2D eigenvalue weighted by atomic mass is 16.5. The Labute approximate surface area is 200 Å². The quantitative estimate of drug-likeness (QED) is 0.299. The van der Waals surface area contributed by atoms with Crippen LogP contribution in [0.25, 0.3) is 21.9 Å². The number of rotatable bonds is 8. The highest BCUT2D eigenvalue weighted by Gasteiger charge is 2.28. The molecule has 1 saturated heterocycles. The number of hydrogen-bond donors (Lipinski definition) is 4. The molecule has 2 amide bonds. The Balaban J connectivity index is 1.33. The van der Waals surface area contributed by atoms with Crippen LogP contribution in [0.3, 0.4) is 0 Å². The molecule has 0 radical (unpaired) electrons. The molecule has 4 aromatic rings. The molecule has 0 saturated carbocycles. The van der Waals surface area contributed by atoms with E-state index in [1.165, 1.54) is 0 Å². The second kappa shape index (κ2) is 9.55. The largest absolute Gasteiger partial charge is 0.491 e. The monoisotopic (exact) mass is 474 g/mol. The molecule has 2 atom stereocenters. The average Bonchev–Trinajstić information content (AvgIpc) is 3.51. The predicted molar refractivity (Wildman–Crippen MR) is 132 cm³/mol. The molecule has 180 valence electrons. The van der Waals surface area contributed by atoms with Gasteiger partial charge in [0.1, 0.15) is 24.2 Å². The number of carbonyl (C=O) groups excluding carboxylic acids is 2. The van der Waals surface area contributed by atoms with E-state index in [1.54, 1.807) is 18.7 Å². The number of hydrogen-bond acceptors (Lipinski definition) is 8. The maximum absolute atomic E-state index is 12.3. The number of nitrogens with one attached hydrogen (secondary N) is 2. The van der Waals surface area contributed by atoms with Crippen molar-refractivity contribution in [2.24, 2.45) is 11.5 Å². The van der Waals surface area contributed by atoms with Gasteiger partial charge in [-0.2, -0.15) is 0 Å². The van der Waals surface area contributed by atoms with E-state index in [1.807, 2.05) is 30.3 Å². The Bertz CT molecular complexity index is 1390. The summed E-state index contributed by atoms with van der Waals surface area (Å²) < 4.78 is 6.30. The van der Waals surface area contributed by atoms with Crippen LogP contribution in [0, 0.1) is 0 Å². The summed E-state index contributed by atoms with van der Waals surface area (Å²) in [5.74, 6) is 0.410. The number of nitrogens with zero attached hydrogens (tertiary/aromatic N) is 4. The van der Waals surface area contributed by atoms with Crippen LogP contribution in [0.15, 0.2) is 49.1 Å². The number of imidazole rings is 1. The number of aromatic amines is 1. The van der Waals surface area contributed by atoms with Crippen molar-refractivity contribution in [3.05, 3.63) is 49.1 Å². The molecular weight excluding hydrogens is 448 g/mol. The third-order valence-electron chi connectivity index (χ3n) is 6.15. The minimum atomic E-state index is -1.01. The van der Waals surface area contributed by atoms with E-state index in [0.29, 0.717) is 23.7 Å². The molecule has 2 aromatic heterocycles. The molecule has 6 N–H and O–H groups in total. The van der Waals surface area contributed by atoms with Gasteiger partial charge in [-0.25, -0.2) is 15.0 Å². The number of amides is 2. The molecule has 0 unspecified atom stereocenters. The Morgan fingerprint density at radius 2 is 2.11 bits per heavy atom.